The van der Waals surface area contributed by atoms with Crippen molar-refractivity contribution in [1.29, 1.82) is 0 Å². The highest BCUT2D eigenvalue weighted by Gasteiger charge is 2.15. The molecule has 0 radical (unpaired) electrons. The fourth-order valence-corrected chi connectivity index (χ4v) is 2.90. The zero-order valence-electron chi connectivity index (χ0n) is 13.6. The number of thioether (sulfide) groups is 1. The van der Waals surface area contributed by atoms with Crippen LogP contribution in [0.2, 0.25) is 0 Å². The summed E-state index contributed by atoms with van der Waals surface area (Å²) < 4.78 is 10.5. The number of carbonyl (C=O) groups is 1. The van der Waals surface area contributed by atoms with Crippen LogP contribution in [0, 0.1) is 6.92 Å². The molecule has 2 rings (SSSR count). The van der Waals surface area contributed by atoms with Crippen molar-refractivity contribution < 1.29 is 14.3 Å². The van der Waals surface area contributed by atoms with Crippen LogP contribution >= 0.6 is 11.8 Å². The van der Waals surface area contributed by atoms with Crippen molar-refractivity contribution in [2.75, 3.05) is 26.5 Å². The van der Waals surface area contributed by atoms with E-state index in [4.69, 9.17) is 9.47 Å². The Morgan fingerprint density at radius 2 is 1.83 bits per heavy atom. The maximum Gasteiger partial charge on any atom is 0.255 e. The van der Waals surface area contributed by atoms with E-state index < -0.39 is 0 Å². The van der Waals surface area contributed by atoms with Gasteiger partial charge in [-0.05, 0) is 31.2 Å². The molecule has 0 aromatic heterocycles. The molecule has 5 heteroatoms. The number of para-hydroxylation sites is 1. The molecule has 0 saturated carbocycles. The zero-order chi connectivity index (χ0) is 16.7. The van der Waals surface area contributed by atoms with E-state index in [9.17, 15) is 4.79 Å². The first-order chi connectivity index (χ1) is 11.2. The van der Waals surface area contributed by atoms with Crippen molar-refractivity contribution in [3.8, 4) is 11.5 Å². The number of carbonyl (C=O) groups excluding carboxylic acids is 1. The van der Waals surface area contributed by atoms with E-state index in [0.29, 0.717) is 23.6 Å². The smallest absolute Gasteiger partial charge is 0.255 e. The van der Waals surface area contributed by atoms with E-state index in [1.807, 2.05) is 0 Å². The average Bonchev–Trinajstić information content (AvgIpc) is 2.59. The number of methoxy groups -OCH3 is 2. The average molecular weight is 331 g/mol. The van der Waals surface area contributed by atoms with E-state index in [0.717, 1.165) is 5.75 Å². The van der Waals surface area contributed by atoms with Gasteiger partial charge in [-0.15, -0.1) is 11.8 Å². The van der Waals surface area contributed by atoms with Gasteiger partial charge in [0.15, 0.2) is 11.5 Å². The van der Waals surface area contributed by atoms with Crippen LogP contribution in [0.4, 0.5) is 0 Å². The van der Waals surface area contributed by atoms with Gasteiger partial charge in [0, 0.05) is 17.2 Å². The zero-order valence-corrected chi connectivity index (χ0v) is 14.4. The summed E-state index contributed by atoms with van der Waals surface area (Å²) in [7, 11) is 3.08. The second-order valence-electron chi connectivity index (χ2n) is 4.96. The summed E-state index contributed by atoms with van der Waals surface area (Å²) in [5.41, 5.74) is 1.72. The van der Waals surface area contributed by atoms with Crippen molar-refractivity contribution >= 4 is 17.7 Å². The molecular weight excluding hydrogens is 310 g/mol. The van der Waals surface area contributed by atoms with Gasteiger partial charge in [-0.2, -0.15) is 0 Å². The van der Waals surface area contributed by atoms with Gasteiger partial charge in [0.1, 0.15) is 0 Å². The van der Waals surface area contributed by atoms with Crippen LogP contribution in [0.25, 0.3) is 0 Å². The number of aryl methyl sites for hydroxylation is 1. The Bertz CT molecular complexity index is 656. The van der Waals surface area contributed by atoms with E-state index in [-0.39, 0.29) is 5.91 Å². The summed E-state index contributed by atoms with van der Waals surface area (Å²) in [6.07, 6.45) is 0. The highest BCUT2D eigenvalue weighted by molar-refractivity contribution is 7.99. The molecule has 1 N–H and O–H groups in total. The Labute approximate surface area is 141 Å². The van der Waals surface area contributed by atoms with Crippen LogP contribution < -0.4 is 14.8 Å². The molecule has 0 aliphatic rings. The van der Waals surface area contributed by atoms with Crippen LogP contribution in [0.15, 0.2) is 47.4 Å². The van der Waals surface area contributed by atoms with Crippen LogP contribution in [0.5, 0.6) is 11.5 Å². The molecule has 0 aliphatic carbocycles. The van der Waals surface area contributed by atoms with Crippen LogP contribution in [-0.2, 0) is 0 Å². The molecule has 0 bridgehead atoms. The summed E-state index contributed by atoms with van der Waals surface area (Å²) in [5.74, 6) is 1.65. The second kappa shape index (κ2) is 8.48. The number of rotatable bonds is 7. The van der Waals surface area contributed by atoms with Crippen molar-refractivity contribution in [3.63, 3.8) is 0 Å². The molecule has 0 unspecified atom stereocenters. The van der Waals surface area contributed by atoms with E-state index in [1.54, 1.807) is 37.1 Å². The molecule has 0 spiro atoms. The van der Waals surface area contributed by atoms with Gasteiger partial charge in [-0.3, -0.25) is 4.79 Å². The predicted octanol–water partition coefficient (Wildman–Crippen LogP) is 3.53. The van der Waals surface area contributed by atoms with Crippen molar-refractivity contribution in [2.24, 2.45) is 0 Å². The third-order valence-electron chi connectivity index (χ3n) is 3.32. The number of ether oxygens (including phenoxy) is 2. The highest BCUT2D eigenvalue weighted by Crippen LogP contribution is 2.30. The van der Waals surface area contributed by atoms with Crippen LogP contribution in [0.3, 0.4) is 0 Å². The minimum absolute atomic E-state index is 0.162. The SMILES string of the molecule is COc1cccc(C(=O)NCCSc2ccc(C)cc2)c1OC. The lowest BCUT2D eigenvalue weighted by Gasteiger charge is -2.12. The summed E-state index contributed by atoms with van der Waals surface area (Å²) >= 11 is 1.71. The van der Waals surface area contributed by atoms with E-state index in [2.05, 4.69) is 36.5 Å². The van der Waals surface area contributed by atoms with Crippen molar-refractivity contribution in [2.45, 2.75) is 11.8 Å². The minimum atomic E-state index is -0.162. The molecule has 0 heterocycles. The Morgan fingerprint density at radius 3 is 2.48 bits per heavy atom. The number of nitrogens with one attached hydrogen (secondary N) is 1. The number of hydrogen-bond acceptors (Lipinski definition) is 4. The second-order valence-corrected chi connectivity index (χ2v) is 6.13. The molecule has 0 saturated heterocycles. The monoisotopic (exact) mass is 331 g/mol. The van der Waals surface area contributed by atoms with Crippen molar-refractivity contribution in [1.82, 2.24) is 5.32 Å². The fourth-order valence-electron chi connectivity index (χ4n) is 2.13. The lowest BCUT2D eigenvalue weighted by Crippen LogP contribution is -2.26. The minimum Gasteiger partial charge on any atom is -0.493 e. The first-order valence-corrected chi connectivity index (χ1v) is 8.33. The van der Waals surface area contributed by atoms with Gasteiger partial charge in [0.25, 0.3) is 5.91 Å². The molecular formula is C18H21NO3S. The fraction of sp³-hybridized carbons (Fsp3) is 0.278. The van der Waals surface area contributed by atoms with Crippen LogP contribution in [-0.4, -0.2) is 32.4 Å². The largest absolute Gasteiger partial charge is 0.493 e. The quantitative estimate of drug-likeness (QED) is 0.623. The Balaban J connectivity index is 1.89. The lowest BCUT2D eigenvalue weighted by atomic mass is 10.1. The summed E-state index contributed by atoms with van der Waals surface area (Å²) in [4.78, 5) is 13.5. The van der Waals surface area contributed by atoms with E-state index >= 15 is 0 Å². The van der Waals surface area contributed by atoms with Gasteiger partial charge < -0.3 is 14.8 Å². The summed E-state index contributed by atoms with van der Waals surface area (Å²) in [5, 5.41) is 2.91. The van der Waals surface area contributed by atoms with Gasteiger partial charge >= 0.3 is 0 Å². The topological polar surface area (TPSA) is 47.6 Å². The third-order valence-corrected chi connectivity index (χ3v) is 4.34. The predicted molar refractivity (Wildman–Crippen MR) is 93.8 cm³/mol. The van der Waals surface area contributed by atoms with E-state index in [1.165, 1.54) is 17.6 Å². The maximum atomic E-state index is 12.3. The third kappa shape index (κ3) is 4.66. The van der Waals surface area contributed by atoms with Gasteiger partial charge in [-0.1, -0.05) is 23.8 Å². The number of amides is 1. The number of benzene rings is 2. The Kier molecular flexibility index (Phi) is 6.35. The van der Waals surface area contributed by atoms with Gasteiger partial charge in [0.05, 0.1) is 19.8 Å². The maximum absolute atomic E-state index is 12.3. The molecule has 0 fully saturated rings. The molecule has 2 aromatic rings. The summed E-state index contributed by atoms with van der Waals surface area (Å²) in [6, 6.07) is 13.6. The molecule has 0 aliphatic heterocycles. The first kappa shape index (κ1) is 17.2. The molecule has 0 atom stereocenters. The normalized spacial score (nSPS) is 10.2. The Morgan fingerprint density at radius 1 is 1.09 bits per heavy atom. The molecule has 23 heavy (non-hydrogen) atoms. The standard InChI is InChI=1S/C18H21NO3S/c1-13-7-9-14(10-8-13)23-12-11-19-18(20)15-5-4-6-16(21-2)17(15)22-3/h4-10H,11-12H2,1-3H3,(H,19,20). The molecule has 122 valence electrons. The highest BCUT2D eigenvalue weighted by atomic mass is 32.2. The lowest BCUT2D eigenvalue weighted by molar-refractivity contribution is 0.0952. The molecule has 1 amide bonds. The van der Waals surface area contributed by atoms with Crippen LogP contribution in [0.1, 0.15) is 15.9 Å². The van der Waals surface area contributed by atoms with Crippen molar-refractivity contribution in [3.05, 3.63) is 53.6 Å². The Hall–Kier alpha value is -2.14. The summed E-state index contributed by atoms with van der Waals surface area (Å²) in [6.45, 7) is 2.65. The molecule has 2 aromatic carbocycles. The molecule has 4 nitrogen and oxygen atoms in total. The van der Waals surface area contributed by atoms with Gasteiger partial charge in [-0.25, -0.2) is 0 Å². The first-order valence-electron chi connectivity index (χ1n) is 7.34. The number of hydrogen-bond donors (Lipinski definition) is 1. The van der Waals surface area contributed by atoms with Gasteiger partial charge in [0.2, 0.25) is 0 Å².